The van der Waals surface area contributed by atoms with Crippen LogP contribution >= 0.6 is 0 Å². The summed E-state index contributed by atoms with van der Waals surface area (Å²) in [5.41, 5.74) is 15.0. The van der Waals surface area contributed by atoms with Gasteiger partial charge in [-0.1, -0.05) is 51.9 Å². The zero-order valence-corrected chi connectivity index (χ0v) is 23.4. The molecular formula is C27H52N4O7. The van der Waals surface area contributed by atoms with Gasteiger partial charge in [0.2, 0.25) is 5.91 Å². The molecule has 0 aliphatic rings. The molecule has 0 aromatic heterocycles. The van der Waals surface area contributed by atoms with Crippen LogP contribution in [0.3, 0.4) is 0 Å². The van der Waals surface area contributed by atoms with E-state index in [1.807, 2.05) is 0 Å². The maximum Gasteiger partial charge on any atom is 0.305 e. The van der Waals surface area contributed by atoms with Crippen molar-refractivity contribution < 1.29 is 33.4 Å². The van der Waals surface area contributed by atoms with Crippen molar-refractivity contribution in [3.63, 3.8) is 0 Å². The Kier molecular flexibility index (Phi) is 22.4. The molecule has 11 nitrogen and oxygen atoms in total. The summed E-state index contributed by atoms with van der Waals surface area (Å²) in [6, 6.07) is 0. The molecule has 222 valence electrons. The molecule has 0 atom stereocenters. The van der Waals surface area contributed by atoms with E-state index in [-0.39, 0.29) is 51.4 Å². The first-order chi connectivity index (χ1) is 18.3. The number of nitrogens with two attached hydrogens (primary N) is 3. The average Bonchev–Trinajstić information content (AvgIpc) is 2.91. The SMILES string of the molecule is CCCCCCCCCCC(=O)NC(COC(=O)CCCN)(COC(=O)CCCN)COC(=O)CCCN. The van der Waals surface area contributed by atoms with Gasteiger partial charge in [-0.2, -0.15) is 0 Å². The van der Waals surface area contributed by atoms with Crippen LogP contribution < -0.4 is 22.5 Å². The smallest absolute Gasteiger partial charge is 0.305 e. The molecule has 0 saturated carbocycles. The Hall–Kier alpha value is -2.24. The molecular weight excluding hydrogens is 492 g/mol. The van der Waals surface area contributed by atoms with Gasteiger partial charge in [0.25, 0.3) is 0 Å². The number of esters is 3. The molecule has 0 saturated heterocycles. The van der Waals surface area contributed by atoms with Crippen LogP contribution in [-0.4, -0.2) is 68.8 Å². The van der Waals surface area contributed by atoms with Gasteiger partial charge < -0.3 is 36.7 Å². The van der Waals surface area contributed by atoms with Crippen LogP contribution in [0.2, 0.25) is 0 Å². The van der Waals surface area contributed by atoms with E-state index in [1.54, 1.807) is 0 Å². The molecule has 0 radical (unpaired) electrons. The largest absolute Gasteiger partial charge is 0.463 e. The molecule has 0 aromatic rings. The molecule has 0 spiro atoms. The standard InChI is InChI=1S/C27H52N4O7/c1-2-3-4-5-6-7-8-9-13-23(32)31-27(20-36-24(33)14-10-17-28,21-37-25(34)15-11-18-29)22-38-26(35)16-12-19-30/h2-22,28-30H2,1H3,(H,31,32). The number of unbranched alkanes of at least 4 members (excludes halogenated alkanes) is 7. The first-order valence-electron chi connectivity index (χ1n) is 14.2. The second-order valence-corrected chi connectivity index (χ2v) is 9.71. The lowest BCUT2D eigenvalue weighted by atomic mass is 10.0. The van der Waals surface area contributed by atoms with E-state index >= 15 is 0 Å². The fourth-order valence-electron chi connectivity index (χ4n) is 3.62. The normalized spacial score (nSPS) is 11.2. The molecule has 0 aromatic carbocycles. The van der Waals surface area contributed by atoms with Crippen LogP contribution in [-0.2, 0) is 33.4 Å². The minimum Gasteiger partial charge on any atom is -0.463 e. The molecule has 0 heterocycles. The number of hydrogen-bond donors (Lipinski definition) is 4. The highest BCUT2D eigenvalue weighted by Crippen LogP contribution is 2.14. The predicted octanol–water partition coefficient (Wildman–Crippen LogP) is 2.22. The third-order valence-corrected chi connectivity index (χ3v) is 5.95. The van der Waals surface area contributed by atoms with Gasteiger partial charge in [-0.3, -0.25) is 19.2 Å². The van der Waals surface area contributed by atoms with Crippen molar-refractivity contribution >= 4 is 23.8 Å². The Morgan fingerprint density at radius 3 is 1.29 bits per heavy atom. The summed E-state index contributed by atoms with van der Waals surface area (Å²) in [7, 11) is 0. The molecule has 0 aliphatic heterocycles. The van der Waals surface area contributed by atoms with Gasteiger partial charge in [-0.25, -0.2) is 0 Å². The summed E-state index contributed by atoms with van der Waals surface area (Å²) in [6.07, 6.45) is 10.6. The summed E-state index contributed by atoms with van der Waals surface area (Å²) in [5.74, 6) is -1.84. The Morgan fingerprint density at radius 2 is 0.921 bits per heavy atom. The lowest BCUT2D eigenvalue weighted by molar-refractivity contribution is -0.159. The van der Waals surface area contributed by atoms with E-state index in [1.165, 1.54) is 25.7 Å². The number of amides is 1. The molecule has 11 heteroatoms. The average molecular weight is 545 g/mol. The van der Waals surface area contributed by atoms with Crippen LogP contribution in [0.5, 0.6) is 0 Å². The number of carbonyl (C=O) groups excluding carboxylic acids is 4. The molecule has 0 fully saturated rings. The molecule has 0 aliphatic carbocycles. The maximum absolute atomic E-state index is 12.9. The summed E-state index contributed by atoms with van der Waals surface area (Å²) >= 11 is 0. The van der Waals surface area contributed by atoms with Crippen LogP contribution in [0.4, 0.5) is 0 Å². The van der Waals surface area contributed by atoms with Crippen molar-refractivity contribution in [2.24, 2.45) is 17.2 Å². The fourth-order valence-corrected chi connectivity index (χ4v) is 3.62. The van der Waals surface area contributed by atoms with Crippen LogP contribution in [0, 0.1) is 0 Å². The van der Waals surface area contributed by atoms with Gasteiger partial charge in [0.15, 0.2) is 0 Å². The summed E-state index contributed by atoms with van der Waals surface area (Å²) in [4.78, 5) is 49.5. The Balaban J connectivity index is 5.29. The predicted molar refractivity (Wildman–Crippen MR) is 146 cm³/mol. The van der Waals surface area contributed by atoms with Gasteiger partial charge in [-0.15, -0.1) is 0 Å². The summed E-state index contributed by atoms with van der Waals surface area (Å²) < 4.78 is 16.2. The number of rotatable bonds is 25. The topological polar surface area (TPSA) is 186 Å². The second kappa shape index (κ2) is 23.8. The number of hydrogen-bond acceptors (Lipinski definition) is 10. The second-order valence-electron chi connectivity index (χ2n) is 9.71. The fraction of sp³-hybridized carbons (Fsp3) is 0.852. The zero-order valence-electron chi connectivity index (χ0n) is 23.4. The third-order valence-electron chi connectivity index (χ3n) is 5.95. The zero-order chi connectivity index (χ0) is 28.5. The lowest BCUT2D eigenvalue weighted by Crippen LogP contribution is -2.59. The highest BCUT2D eigenvalue weighted by atomic mass is 16.6. The quantitative estimate of drug-likeness (QED) is 0.0754. The highest BCUT2D eigenvalue weighted by Gasteiger charge is 2.37. The molecule has 0 rings (SSSR count). The van der Waals surface area contributed by atoms with Crippen LogP contribution in [0.15, 0.2) is 0 Å². The number of carbonyl (C=O) groups is 4. The van der Waals surface area contributed by atoms with Crippen molar-refractivity contribution in [1.29, 1.82) is 0 Å². The van der Waals surface area contributed by atoms with Gasteiger partial charge in [0.1, 0.15) is 25.4 Å². The minimum absolute atomic E-state index is 0.103. The number of nitrogens with one attached hydrogen (secondary N) is 1. The molecule has 0 unspecified atom stereocenters. The first kappa shape index (κ1) is 35.8. The highest BCUT2D eigenvalue weighted by molar-refractivity contribution is 5.77. The van der Waals surface area contributed by atoms with Crippen LogP contribution in [0.25, 0.3) is 0 Å². The number of ether oxygens (including phenoxy) is 3. The van der Waals surface area contributed by atoms with Gasteiger partial charge in [-0.05, 0) is 45.3 Å². The monoisotopic (exact) mass is 544 g/mol. The van der Waals surface area contributed by atoms with Crippen LogP contribution in [0.1, 0.15) is 103 Å². The third kappa shape index (κ3) is 19.8. The molecule has 0 bridgehead atoms. The Labute approximate surface area is 228 Å². The van der Waals surface area contributed by atoms with Gasteiger partial charge in [0.05, 0.1) is 0 Å². The van der Waals surface area contributed by atoms with Crippen molar-refractivity contribution in [3.8, 4) is 0 Å². The van der Waals surface area contributed by atoms with E-state index in [4.69, 9.17) is 31.4 Å². The molecule has 1 amide bonds. The van der Waals surface area contributed by atoms with E-state index in [0.717, 1.165) is 19.3 Å². The first-order valence-corrected chi connectivity index (χ1v) is 14.2. The van der Waals surface area contributed by atoms with E-state index < -0.39 is 23.4 Å². The van der Waals surface area contributed by atoms with E-state index in [0.29, 0.717) is 45.3 Å². The van der Waals surface area contributed by atoms with Crippen molar-refractivity contribution in [1.82, 2.24) is 5.32 Å². The molecule has 7 N–H and O–H groups in total. The van der Waals surface area contributed by atoms with Crippen molar-refractivity contribution in [3.05, 3.63) is 0 Å². The summed E-state index contributed by atoms with van der Waals surface area (Å²) in [6.45, 7) is 2.19. The minimum atomic E-state index is -1.42. The van der Waals surface area contributed by atoms with E-state index in [9.17, 15) is 19.2 Å². The van der Waals surface area contributed by atoms with Gasteiger partial charge in [0, 0.05) is 25.7 Å². The Bertz CT molecular complexity index is 602. The maximum atomic E-state index is 12.9. The summed E-state index contributed by atoms with van der Waals surface area (Å²) in [5, 5.41) is 2.84. The molecule has 38 heavy (non-hydrogen) atoms. The lowest BCUT2D eigenvalue weighted by Gasteiger charge is -2.33. The van der Waals surface area contributed by atoms with Crippen molar-refractivity contribution in [2.75, 3.05) is 39.5 Å². The van der Waals surface area contributed by atoms with E-state index in [2.05, 4.69) is 12.2 Å². The van der Waals surface area contributed by atoms with Crippen molar-refractivity contribution in [2.45, 2.75) is 109 Å². The Morgan fingerprint density at radius 1 is 0.553 bits per heavy atom. The van der Waals surface area contributed by atoms with Gasteiger partial charge >= 0.3 is 17.9 Å².